The third-order valence-corrected chi connectivity index (χ3v) is 7.30. The molecule has 1 aliphatic heterocycles. The van der Waals surface area contributed by atoms with Gasteiger partial charge in [0.15, 0.2) is 0 Å². The Morgan fingerprint density at radius 3 is 2.27 bits per heavy atom. The highest BCUT2D eigenvalue weighted by molar-refractivity contribution is 7.89. The SMILES string of the molecule is CC#CCOc1ccc(S(=O)(=O)NCC(C(=O)O)N2CCN(S(C)(=O)=O)CC2)cc1. The zero-order chi connectivity index (χ0) is 22.4. The molecule has 2 rings (SSSR count). The first-order chi connectivity index (χ1) is 14.0. The maximum atomic E-state index is 12.5. The lowest BCUT2D eigenvalue weighted by Gasteiger charge is -2.36. The number of nitrogens with one attached hydrogen (secondary N) is 1. The predicted octanol–water partition coefficient (Wildman–Crippen LogP) is -0.603. The van der Waals surface area contributed by atoms with Crippen LogP contribution in [0.25, 0.3) is 0 Å². The molecular formula is C18H25N3O7S2. The first-order valence-corrected chi connectivity index (χ1v) is 12.4. The fraction of sp³-hybridized carbons (Fsp3) is 0.500. The fourth-order valence-electron chi connectivity index (χ4n) is 2.90. The Bertz CT molecular complexity index is 1000. The van der Waals surface area contributed by atoms with Crippen LogP contribution in [0.15, 0.2) is 29.2 Å². The van der Waals surface area contributed by atoms with E-state index >= 15 is 0 Å². The van der Waals surface area contributed by atoms with E-state index in [1.165, 1.54) is 28.6 Å². The Labute approximate surface area is 176 Å². The van der Waals surface area contributed by atoms with E-state index in [2.05, 4.69) is 16.6 Å². The van der Waals surface area contributed by atoms with E-state index in [1.807, 2.05) is 0 Å². The molecule has 12 heteroatoms. The third-order valence-electron chi connectivity index (χ3n) is 4.56. The maximum Gasteiger partial charge on any atom is 0.322 e. The summed E-state index contributed by atoms with van der Waals surface area (Å²) in [6, 6.07) is 4.59. The number of carbonyl (C=O) groups is 1. The number of carboxylic acid groups (broad SMARTS) is 1. The molecule has 2 N–H and O–H groups in total. The molecule has 1 aromatic carbocycles. The summed E-state index contributed by atoms with van der Waals surface area (Å²) in [5, 5.41) is 9.52. The van der Waals surface area contributed by atoms with Gasteiger partial charge < -0.3 is 9.84 Å². The van der Waals surface area contributed by atoms with Gasteiger partial charge in [0.25, 0.3) is 0 Å². The van der Waals surface area contributed by atoms with Gasteiger partial charge in [-0.15, -0.1) is 5.92 Å². The predicted molar refractivity (Wildman–Crippen MR) is 110 cm³/mol. The van der Waals surface area contributed by atoms with Gasteiger partial charge in [-0.1, -0.05) is 5.92 Å². The number of hydrogen-bond donors (Lipinski definition) is 2. The van der Waals surface area contributed by atoms with Gasteiger partial charge in [-0.05, 0) is 31.2 Å². The lowest BCUT2D eigenvalue weighted by atomic mass is 10.2. The van der Waals surface area contributed by atoms with Crippen molar-refractivity contribution in [1.82, 2.24) is 13.9 Å². The molecule has 1 atom stereocenters. The number of carboxylic acids is 1. The molecular weight excluding hydrogens is 434 g/mol. The molecule has 0 spiro atoms. The largest absolute Gasteiger partial charge is 0.481 e. The summed E-state index contributed by atoms with van der Waals surface area (Å²) in [7, 11) is -7.28. The molecule has 0 radical (unpaired) electrons. The highest BCUT2D eigenvalue weighted by Crippen LogP contribution is 2.16. The number of aliphatic carboxylic acids is 1. The lowest BCUT2D eigenvalue weighted by Crippen LogP contribution is -2.56. The number of sulfonamides is 2. The standard InChI is InChI=1S/C18H25N3O7S2/c1-3-4-13-28-15-5-7-16(8-6-15)30(26,27)19-14-17(18(22)23)20-9-11-21(12-10-20)29(2,24)25/h5-8,17,19H,9-14H2,1-2H3,(H,22,23). The Morgan fingerprint density at radius 2 is 1.77 bits per heavy atom. The van der Waals surface area contributed by atoms with Crippen LogP contribution in [0.2, 0.25) is 0 Å². The van der Waals surface area contributed by atoms with Crippen LogP contribution in [0, 0.1) is 11.8 Å². The van der Waals surface area contributed by atoms with Crippen LogP contribution < -0.4 is 9.46 Å². The number of piperazine rings is 1. The summed E-state index contributed by atoms with van der Waals surface area (Å²) in [6.45, 7) is 2.21. The molecule has 1 heterocycles. The first kappa shape index (κ1) is 24.1. The van der Waals surface area contributed by atoms with E-state index in [1.54, 1.807) is 11.8 Å². The second-order valence-electron chi connectivity index (χ2n) is 6.59. The zero-order valence-corrected chi connectivity index (χ0v) is 18.4. The summed E-state index contributed by atoms with van der Waals surface area (Å²) in [5.41, 5.74) is 0. The summed E-state index contributed by atoms with van der Waals surface area (Å²) in [6.07, 6.45) is 1.10. The number of ether oxygens (including phenoxy) is 1. The molecule has 0 amide bonds. The molecule has 1 fully saturated rings. The Hall–Kier alpha value is -2.17. The average Bonchev–Trinajstić information content (AvgIpc) is 2.68. The summed E-state index contributed by atoms with van der Waals surface area (Å²) in [4.78, 5) is 13.2. The van der Waals surface area contributed by atoms with Crippen molar-refractivity contribution in [3.63, 3.8) is 0 Å². The molecule has 0 bridgehead atoms. The first-order valence-electron chi connectivity index (χ1n) is 9.08. The smallest absolute Gasteiger partial charge is 0.322 e. The maximum absolute atomic E-state index is 12.5. The van der Waals surface area contributed by atoms with Crippen LogP contribution >= 0.6 is 0 Å². The molecule has 30 heavy (non-hydrogen) atoms. The van der Waals surface area contributed by atoms with Crippen LogP contribution in [0.1, 0.15) is 6.92 Å². The van der Waals surface area contributed by atoms with Crippen molar-refractivity contribution in [3.8, 4) is 17.6 Å². The van der Waals surface area contributed by atoms with Crippen molar-refractivity contribution >= 4 is 26.0 Å². The average molecular weight is 460 g/mol. The molecule has 1 aromatic rings. The minimum atomic E-state index is -3.93. The Balaban J connectivity index is 1.99. The second-order valence-corrected chi connectivity index (χ2v) is 10.3. The molecule has 0 aromatic heterocycles. The van der Waals surface area contributed by atoms with E-state index in [0.717, 1.165) is 6.26 Å². The third kappa shape index (κ3) is 6.68. The van der Waals surface area contributed by atoms with E-state index in [4.69, 9.17) is 4.74 Å². The topological polar surface area (TPSA) is 133 Å². The second kappa shape index (κ2) is 10.2. The van der Waals surface area contributed by atoms with Gasteiger partial charge in [-0.2, -0.15) is 4.31 Å². The summed E-state index contributed by atoms with van der Waals surface area (Å²) >= 11 is 0. The fourth-order valence-corrected chi connectivity index (χ4v) is 4.76. The molecule has 1 unspecified atom stereocenters. The van der Waals surface area contributed by atoms with Crippen molar-refractivity contribution in [2.24, 2.45) is 0 Å². The summed E-state index contributed by atoms with van der Waals surface area (Å²) < 4.78 is 57.2. The quantitative estimate of drug-likeness (QED) is 0.468. The van der Waals surface area contributed by atoms with Gasteiger partial charge in [-0.3, -0.25) is 9.69 Å². The molecule has 166 valence electrons. The van der Waals surface area contributed by atoms with Gasteiger partial charge in [0.2, 0.25) is 20.0 Å². The van der Waals surface area contributed by atoms with Crippen LogP contribution in [-0.2, 0) is 24.8 Å². The van der Waals surface area contributed by atoms with Crippen molar-refractivity contribution in [1.29, 1.82) is 0 Å². The highest BCUT2D eigenvalue weighted by Gasteiger charge is 2.32. The number of rotatable bonds is 9. The van der Waals surface area contributed by atoms with Crippen LogP contribution in [0.4, 0.5) is 0 Å². The van der Waals surface area contributed by atoms with E-state index in [0.29, 0.717) is 5.75 Å². The van der Waals surface area contributed by atoms with Crippen LogP contribution in [-0.4, -0.2) is 88.7 Å². The van der Waals surface area contributed by atoms with Gasteiger partial charge >= 0.3 is 5.97 Å². The Kier molecular flexibility index (Phi) is 8.22. The van der Waals surface area contributed by atoms with Crippen molar-refractivity contribution < 1.29 is 31.5 Å². The molecule has 1 saturated heterocycles. The normalized spacial score (nSPS) is 17.0. The zero-order valence-electron chi connectivity index (χ0n) is 16.7. The lowest BCUT2D eigenvalue weighted by molar-refractivity contribution is -0.143. The molecule has 1 aliphatic rings. The van der Waals surface area contributed by atoms with Crippen molar-refractivity contribution in [3.05, 3.63) is 24.3 Å². The van der Waals surface area contributed by atoms with Crippen molar-refractivity contribution in [2.45, 2.75) is 17.9 Å². The number of nitrogens with zero attached hydrogens (tertiary/aromatic N) is 2. The van der Waals surface area contributed by atoms with Gasteiger partial charge in [0.1, 0.15) is 18.4 Å². The molecule has 0 aliphatic carbocycles. The monoisotopic (exact) mass is 459 g/mol. The molecule has 0 saturated carbocycles. The highest BCUT2D eigenvalue weighted by atomic mass is 32.2. The van der Waals surface area contributed by atoms with Gasteiger partial charge in [-0.25, -0.2) is 21.6 Å². The van der Waals surface area contributed by atoms with E-state index < -0.39 is 32.1 Å². The Morgan fingerprint density at radius 1 is 1.17 bits per heavy atom. The number of hydrogen-bond acceptors (Lipinski definition) is 7. The van der Waals surface area contributed by atoms with Gasteiger partial charge in [0.05, 0.1) is 11.2 Å². The number of benzene rings is 1. The van der Waals surface area contributed by atoms with Crippen LogP contribution in [0.5, 0.6) is 5.75 Å². The van der Waals surface area contributed by atoms with E-state index in [9.17, 15) is 26.7 Å². The van der Waals surface area contributed by atoms with Gasteiger partial charge in [0, 0.05) is 32.7 Å². The summed E-state index contributed by atoms with van der Waals surface area (Å²) in [5.74, 6) is 4.68. The van der Waals surface area contributed by atoms with Crippen molar-refractivity contribution in [2.75, 3.05) is 45.6 Å². The minimum absolute atomic E-state index is 0.0255. The van der Waals surface area contributed by atoms with Crippen LogP contribution in [0.3, 0.4) is 0 Å². The molecule has 10 nitrogen and oxygen atoms in total. The minimum Gasteiger partial charge on any atom is -0.481 e. The van der Waals surface area contributed by atoms with E-state index in [-0.39, 0.29) is 44.2 Å².